The van der Waals surface area contributed by atoms with Gasteiger partial charge in [-0.1, -0.05) is 36.4 Å². The van der Waals surface area contributed by atoms with Crippen LogP contribution in [0.2, 0.25) is 0 Å². The molecular weight excluding hydrogens is 376 g/mol. The lowest BCUT2D eigenvalue weighted by Gasteiger charge is -2.16. The molecule has 8 N–H and O–H groups in total. The Kier molecular flexibility index (Phi) is 5.05. The second kappa shape index (κ2) is 7.97. The maximum Gasteiger partial charge on any atom is 0.135 e. The molecule has 0 fully saturated rings. The van der Waals surface area contributed by atoms with Gasteiger partial charge in [0.05, 0.1) is 22.7 Å². The van der Waals surface area contributed by atoms with Crippen molar-refractivity contribution in [1.29, 1.82) is 0 Å². The van der Waals surface area contributed by atoms with Crippen molar-refractivity contribution in [3.63, 3.8) is 0 Å². The van der Waals surface area contributed by atoms with Crippen molar-refractivity contribution in [1.82, 2.24) is 0 Å². The molecule has 0 aliphatic carbocycles. The average molecular weight is 398 g/mol. The van der Waals surface area contributed by atoms with E-state index in [-0.39, 0.29) is 0 Å². The van der Waals surface area contributed by atoms with Gasteiger partial charge < -0.3 is 32.4 Å². The fraction of sp³-hybridized carbons (Fsp3) is 0. The van der Waals surface area contributed by atoms with E-state index in [4.69, 9.17) is 32.4 Å². The summed E-state index contributed by atoms with van der Waals surface area (Å²) in [4.78, 5) is 0. The maximum absolute atomic E-state index is 6.11. The van der Waals surface area contributed by atoms with Crippen LogP contribution in [-0.2, 0) is 0 Å². The van der Waals surface area contributed by atoms with Crippen LogP contribution in [0.3, 0.4) is 0 Å². The van der Waals surface area contributed by atoms with E-state index >= 15 is 0 Å². The van der Waals surface area contributed by atoms with Gasteiger partial charge in [0.15, 0.2) is 0 Å². The van der Waals surface area contributed by atoms with E-state index in [9.17, 15) is 0 Å². The molecule has 0 saturated carbocycles. The first-order chi connectivity index (χ1) is 14.5. The molecule has 0 spiro atoms. The minimum atomic E-state index is 0.467. The Morgan fingerprint density at radius 3 is 1.23 bits per heavy atom. The molecule has 0 radical (unpaired) electrons. The molecule has 6 heteroatoms. The molecule has 30 heavy (non-hydrogen) atoms. The zero-order chi connectivity index (χ0) is 21.1. The Morgan fingerprint density at radius 1 is 0.433 bits per heavy atom. The zero-order valence-corrected chi connectivity index (χ0v) is 16.2. The normalized spacial score (nSPS) is 10.5. The first-order valence-corrected chi connectivity index (χ1v) is 9.35. The van der Waals surface area contributed by atoms with Crippen LogP contribution in [-0.4, -0.2) is 0 Å². The van der Waals surface area contributed by atoms with E-state index in [0.717, 1.165) is 11.1 Å². The van der Waals surface area contributed by atoms with Crippen molar-refractivity contribution >= 4 is 22.7 Å². The molecule has 0 aliphatic rings. The average Bonchev–Trinajstić information content (AvgIpc) is 2.74. The summed E-state index contributed by atoms with van der Waals surface area (Å²) in [5.41, 5.74) is 27.1. The highest BCUT2D eigenvalue weighted by Gasteiger charge is 2.13. The predicted octanol–water partition coefficient (Wildman–Crippen LogP) is 5.27. The van der Waals surface area contributed by atoms with Crippen LogP contribution in [0.1, 0.15) is 0 Å². The summed E-state index contributed by atoms with van der Waals surface area (Å²) < 4.78 is 12.2. The lowest BCUT2D eigenvalue weighted by molar-refractivity contribution is 0.477. The van der Waals surface area contributed by atoms with E-state index in [1.807, 2.05) is 48.5 Å². The molecule has 0 heterocycles. The number of ether oxygens (including phenoxy) is 2. The highest BCUT2D eigenvalue weighted by atomic mass is 16.5. The number of nitrogens with two attached hydrogens (primary N) is 4. The summed E-state index contributed by atoms with van der Waals surface area (Å²) in [6.45, 7) is 0. The molecule has 6 nitrogen and oxygen atoms in total. The van der Waals surface area contributed by atoms with Gasteiger partial charge in [0.2, 0.25) is 0 Å². The number of rotatable bonds is 5. The summed E-state index contributed by atoms with van der Waals surface area (Å²) in [5, 5.41) is 0. The molecule has 0 amide bonds. The van der Waals surface area contributed by atoms with E-state index in [2.05, 4.69) is 0 Å². The Morgan fingerprint density at radius 2 is 0.833 bits per heavy atom. The zero-order valence-electron chi connectivity index (χ0n) is 16.2. The molecule has 150 valence electrons. The van der Waals surface area contributed by atoms with Gasteiger partial charge in [-0.25, -0.2) is 0 Å². The third-order valence-electron chi connectivity index (χ3n) is 4.64. The summed E-state index contributed by atoms with van der Waals surface area (Å²) in [7, 11) is 0. The molecule has 0 atom stereocenters. The quantitative estimate of drug-likeness (QED) is 0.340. The SMILES string of the molecule is Nc1ccc(Oc2ccccc2-c2ccccc2Oc2ccc(N)c(N)c2)cc1N. The van der Waals surface area contributed by atoms with Crippen LogP contribution in [0, 0.1) is 0 Å². The molecule has 4 aromatic carbocycles. The minimum Gasteiger partial charge on any atom is -0.457 e. The second-order valence-corrected chi connectivity index (χ2v) is 6.78. The standard InChI is InChI=1S/C24H22N4O2/c25-19-11-9-15(13-21(19)27)29-23-7-3-1-5-17(23)18-6-2-4-8-24(18)30-16-10-12-20(26)22(28)14-16/h1-14H,25-28H2. The van der Waals surface area contributed by atoms with Gasteiger partial charge in [-0.15, -0.1) is 0 Å². The van der Waals surface area contributed by atoms with Gasteiger partial charge in [-0.2, -0.15) is 0 Å². The molecule has 0 bridgehead atoms. The van der Waals surface area contributed by atoms with Crippen LogP contribution in [0.15, 0.2) is 84.9 Å². The Labute approximate surface area is 174 Å². The van der Waals surface area contributed by atoms with Crippen LogP contribution in [0.25, 0.3) is 11.1 Å². The van der Waals surface area contributed by atoms with Gasteiger partial charge in [0.25, 0.3) is 0 Å². The lowest BCUT2D eigenvalue weighted by atomic mass is 10.0. The van der Waals surface area contributed by atoms with E-state index < -0.39 is 0 Å². The van der Waals surface area contributed by atoms with Crippen LogP contribution < -0.4 is 32.4 Å². The lowest BCUT2D eigenvalue weighted by Crippen LogP contribution is -1.96. The molecule has 4 aromatic rings. The van der Waals surface area contributed by atoms with Crippen LogP contribution in [0.5, 0.6) is 23.0 Å². The van der Waals surface area contributed by atoms with Gasteiger partial charge >= 0.3 is 0 Å². The summed E-state index contributed by atoms with van der Waals surface area (Å²) in [6, 6.07) is 25.8. The van der Waals surface area contributed by atoms with Crippen molar-refractivity contribution in [2.24, 2.45) is 0 Å². The van der Waals surface area contributed by atoms with Crippen molar-refractivity contribution in [3.05, 3.63) is 84.9 Å². The molecule has 0 saturated heterocycles. The number of hydrogen-bond acceptors (Lipinski definition) is 6. The third-order valence-corrected chi connectivity index (χ3v) is 4.64. The predicted molar refractivity (Wildman–Crippen MR) is 123 cm³/mol. The molecule has 0 unspecified atom stereocenters. The van der Waals surface area contributed by atoms with Gasteiger partial charge in [0.1, 0.15) is 23.0 Å². The van der Waals surface area contributed by atoms with Crippen LogP contribution >= 0.6 is 0 Å². The van der Waals surface area contributed by atoms with Gasteiger partial charge in [-0.05, 0) is 36.4 Å². The van der Waals surface area contributed by atoms with E-state index in [1.54, 1.807) is 36.4 Å². The first-order valence-electron chi connectivity index (χ1n) is 9.35. The van der Waals surface area contributed by atoms with Crippen molar-refractivity contribution in [3.8, 4) is 34.1 Å². The number of hydrogen-bond donors (Lipinski definition) is 4. The van der Waals surface area contributed by atoms with Crippen LogP contribution in [0.4, 0.5) is 22.7 Å². The van der Waals surface area contributed by atoms with E-state index in [0.29, 0.717) is 45.7 Å². The number of nitrogen functional groups attached to an aromatic ring is 4. The van der Waals surface area contributed by atoms with Crippen molar-refractivity contribution in [2.45, 2.75) is 0 Å². The van der Waals surface area contributed by atoms with Crippen molar-refractivity contribution < 1.29 is 9.47 Å². The number of benzene rings is 4. The summed E-state index contributed by atoms with van der Waals surface area (Å²) in [6.07, 6.45) is 0. The molecule has 4 rings (SSSR count). The smallest absolute Gasteiger partial charge is 0.135 e. The number of para-hydroxylation sites is 2. The highest BCUT2D eigenvalue weighted by Crippen LogP contribution is 2.40. The fourth-order valence-electron chi connectivity index (χ4n) is 3.04. The Hall–Kier alpha value is -4.32. The largest absolute Gasteiger partial charge is 0.457 e. The molecule has 0 aromatic heterocycles. The number of anilines is 4. The summed E-state index contributed by atoms with van der Waals surface area (Å²) in [5.74, 6) is 2.52. The molecule has 0 aliphatic heterocycles. The van der Waals surface area contributed by atoms with Crippen molar-refractivity contribution in [2.75, 3.05) is 22.9 Å². The maximum atomic E-state index is 6.11. The third kappa shape index (κ3) is 3.93. The topological polar surface area (TPSA) is 123 Å². The Balaban J connectivity index is 1.71. The monoisotopic (exact) mass is 398 g/mol. The van der Waals surface area contributed by atoms with Gasteiger partial charge in [0, 0.05) is 23.3 Å². The van der Waals surface area contributed by atoms with E-state index in [1.165, 1.54) is 0 Å². The fourth-order valence-corrected chi connectivity index (χ4v) is 3.04. The van der Waals surface area contributed by atoms with Gasteiger partial charge in [-0.3, -0.25) is 0 Å². The minimum absolute atomic E-state index is 0.467. The first kappa shape index (κ1) is 19.0. The molecular formula is C24H22N4O2. The second-order valence-electron chi connectivity index (χ2n) is 6.78. The Bertz CT molecular complexity index is 1110. The summed E-state index contributed by atoms with van der Waals surface area (Å²) >= 11 is 0. The highest BCUT2D eigenvalue weighted by molar-refractivity contribution is 5.77.